The number of aliphatic hydroxyl groups excluding tert-OH is 1. The lowest BCUT2D eigenvalue weighted by molar-refractivity contribution is -0.129. The summed E-state index contributed by atoms with van der Waals surface area (Å²) in [5, 5.41) is 12.3. The van der Waals surface area contributed by atoms with E-state index in [-0.39, 0.29) is 29.2 Å². The number of carbonyl (C=O) groups is 2. The molecule has 0 aromatic heterocycles. The van der Waals surface area contributed by atoms with E-state index in [1.807, 2.05) is 30.3 Å². The number of halogens is 1. The van der Waals surface area contributed by atoms with Crippen LogP contribution in [0.3, 0.4) is 0 Å². The lowest BCUT2D eigenvalue weighted by atomic mass is 10.1. The fraction of sp³-hybridized carbons (Fsp3) is 0.190. The molecule has 1 unspecified atom stereocenters. The molecule has 0 aliphatic carbocycles. The highest BCUT2D eigenvalue weighted by molar-refractivity contribution is 8.26. The Morgan fingerprint density at radius 1 is 1.21 bits per heavy atom. The van der Waals surface area contributed by atoms with Crippen molar-refractivity contribution in [3.63, 3.8) is 0 Å². The number of aliphatic hydroxyl groups is 1. The van der Waals surface area contributed by atoms with E-state index in [1.54, 1.807) is 18.2 Å². The predicted molar refractivity (Wildman–Crippen MR) is 115 cm³/mol. The Morgan fingerprint density at radius 3 is 2.55 bits per heavy atom. The van der Waals surface area contributed by atoms with Crippen LogP contribution in [0.5, 0.6) is 0 Å². The van der Waals surface area contributed by atoms with Gasteiger partial charge in [0.15, 0.2) is 0 Å². The average molecular weight is 431 g/mol. The molecule has 8 heteroatoms. The van der Waals surface area contributed by atoms with E-state index in [9.17, 15) is 19.1 Å². The van der Waals surface area contributed by atoms with Gasteiger partial charge in [0, 0.05) is 0 Å². The van der Waals surface area contributed by atoms with Crippen molar-refractivity contribution >= 4 is 46.2 Å². The van der Waals surface area contributed by atoms with Gasteiger partial charge >= 0.3 is 0 Å². The summed E-state index contributed by atoms with van der Waals surface area (Å²) in [7, 11) is 0. The quantitative estimate of drug-likeness (QED) is 0.522. The van der Waals surface area contributed by atoms with E-state index in [4.69, 9.17) is 12.2 Å². The van der Waals surface area contributed by atoms with Crippen LogP contribution in [0.4, 0.5) is 4.39 Å². The monoisotopic (exact) mass is 430 g/mol. The highest BCUT2D eigenvalue weighted by Crippen LogP contribution is 2.32. The third-order valence-electron chi connectivity index (χ3n) is 4.25. The van der Waals surface area contributed by atoms with Crippen molar-refractivity contribution in [1.82, 2.24) is 10.2 Å². The van der Waals surface area contributed by atoms with Gasteiger partial charge in [-0.25, -0.2) is 4.39 Å². The molecule has 0 bridgehead atoms. The number of amides is 2. The van der Waals surface area contributed by atoms with Gasteiger partial charge in [-0.2, -0.15) is 0 Å². The Labute approximate surface area is 177 Å². The summed E-state index contributed by atoms with van der Waals surface area (Å²) in [6, 6.07) is 14.8. The summed E-state index contributed by atoms with van der Waals surface area (Å²) < 4.78 is 13.3. The number of hydrogen-bond donors (Lipinski definition) is 2. The second-order valence-electron chi connectivity index (χ2n) is 6.46. The van der Waals surface area contributed by atoms with E-state index in [1.165, 1.54) is 17.0 Å². The molecular formula is C21H19FN2O3S2. The SMILES string of the molecule is O=C(CN1C(=O)C(=Cc2ccc(F)cc2)SC1=S)NC(CO)Cc1ccccc1. The maximum atomic E-state index is 13.0. The number of nitrogens with zero attached hydrogens (tertiary/aromatic N) is 1. The molecule has 1 atom stereocenters. The molecule has 1 heterocycles. The molecule has 1 aliphatic heterocycles. The van der Waals surface area contributed by atoms with E-state index < -0.39 is 11.9 Å². The van der Waals surface area contributed by atoms with Crippen LogP contribution in [0.15, 0.2) is 59.5 Å². The molecule has 2 amide bonds. The van der Waals surface area contributed by atoms with Crippen LogP contribution in [0.25, 0.3) is 6.08 Å². The van der Waals surface area contributed by atoms with Gasteiger partial charge < -0.3 is 10.4 Å². The second kappa shape index (κ2) is 9.78. The van der Waals surface area contributed by atoms with Gasteiger partial charge in [-0.15, -0.1) is 0 Å². The molecule has 1 aliphatic rings. The number of hydrogen-bond acceptors (Lipinski definition) is 5. The molecule has 0 saturated carbocycles. The highest BCUT2D eigenvalue weighted by Gasteiger charge is 2.33. The zero-order valence-electron chi connectivity index (χ0n) is 15.4. The molecule has 29 heavy (non-hydrogen) atoms. The second-order valence-corrected chi connectivity index (χ2v) is 8.13. The molecule has 1 saturated heterocycles. The topological polar surface area (TPSA) is 69.6 Å². The van der Waals surface area contributed by atoms with Crippen LogP contribution in [-0.4, -0.2) is 45.3 Å². The van der Waals surface area contributed by atoms with Gasteiger partial charge in [-0.1, -0.05) is 66.4 Å². The minimum Gasteiger partial charge on any atom is -0.394 e. The van der Waals surface area contributed by atoms with Gasteiger partial charge in [0.25, 0.3) is 5.91 Å². The number of thiocarbonyl (C=S) groups is 1. The van der Waals surface area contributed by atoms with Crippen molar-refractivity contribution < 1.29 is 19.1 Å². The minimum absolute atomic E-state index is 0.219. The Balaban J connectivity index is 1.61. The highest BCUT2D eigenvalue weighted by atomic mass is 32.2. The number of thioether (sulfide) groups is 1. The Hall–Kier alpha value is -2.55. The van der Waals surface area contributed by atoms with E-state index in [0.717, 1.165) is 17.3 Å². The van der Waals surface area contributed by atoms with Crippen LogP contribution in [0.1, 0.15) is 11.1 Å². The molecule has 0 spiro atoms. The van der Waals surface area contributed by atoms with Crippen LogP contribution in [0.2, 0.25) is 0 Å². The Kier molecular flexibility index (Phi) is 7.13. The van der Waals surface area contributed by atoms with Crippen LogP contribution in [-0.2, 0) is 16.0 Å². The smallest absolute Gasteiger partial charge is 0.266 e. The van der Waals surface area contributed by atoms with E-state index >= 15 is 0 Å². The maximum absolute atomic E-state index is 13.0. The van der Waals surface area contributed by atoms with Crippen LogP contribution in [0, 0.1) is 5.82 Å². The molecule has 3 rings (SSSR count). The molecule has 0 radical (unpaired) electrons. The van der Waals surface area contributed by atoms with Crippen molar-refractivity contribution in [3.05, 3.63) is 76.4 Å². The minimum atomic E-state index is -0.460. The Morgan fingerprint density at radius 2 is 1.90 bits per heavy atom. The maximum Gasteiger partial charge on any atom is 0.266 e. The van der Waals surface area contributed by atoms with Gasteiger partial charge in [-0.3, -0.25) is 14.5 Å². The predicted octanol–water partition coefficient (Wildman–Crippen LogP) is 2.75. The van der Waals surface area contributed by atoms with Gasteiger partial charge in [0.05, 0.1) is 17.6 Å². The molecular weight excluding hydrogens is 411 g/mol. The zero-order chi connectivity index (χ0) is 20.8. The fourth-order valence-corrected chi connectivity index (χ4v) is 4.08. The average Bonchev–Trinajstić information content (AvgIpc) is 2.97. The molecule has 1 fully saturated rings. The first kappa shape index (κ1) is 21.2. The summed E-state index contributed by atoms with van der Waals surface area (Å²) in [5.41, 5.74) is 1.65. The number of carbonyl (C=O) groups excluding carboxylic acids is 2. The summed E-state index contributed by atoms with van der Waals surface area (Å²) >= 11 is 6.33. The first-order chi connectivity index (χ1) is 14.0. The third kappa shape index (κ3) is 5.72. The molecule has 5 nitrogen and oxygen atoms in total. The lowest BCUT2D eigenvalue weighted by Gasteiger charge is -2.19. The van der Waals surface area contributed by atoms with Gasteiger partial charge in [-0.05, 0) is 35.8 Å². The number of benzene rings is 2. The van der Waals surface area contributed by atoms with Crippen molar-refractivity contribution in [2.24, 2.45) is 0 Å². The van der Waals surface area contributed by atoms with Gasteiger partial charge in [0.1, 0.15) is 16.7 Å². The summed E-state index contributed by atoms with van der Waals surface area (Å²) in [6.45, 7) is -0.444. The third-order valence-corrected chi connectivity index (χ3v) is 5.63. The van der Waals surface area contributed by atoms with E-state index in [0.29, 0.717) is 16.9 Å². The van der Waals surface area contributed by atoms with Crippen LogP contribution >= 0.6 is 24.0 Å². The molecule has 2 aromatic rings. The first-order valence-electron chi connectivity index (χ1n) is 8.91. The molecule has 2 N–H and O–H groups in total. The number of rotatable bonds is 7. The van der Waals surface area contributed by atoms with Crippen LogP contribution < -0.4 is 5.32 Å². The Bertz CT molecular complexity index is 933. The van der Waals surface area contributed by atoms with Crippen molar-refractivity contribution in [1.29, 1.82) is 0 Å². The van der Waals surface area contributed by atoms with Crippen molar-refractivity contribution in [2.75, 3.05) is 13.2 Å². The summed E-state index contributed by atoms with van der Waals surface area (Å²) in [6.07, 6.45) is 2.09. The van der Waals surface area contributed by atoms with Gasteiger partial charge in [0.2, 0.25) is 5.91 Å². The fourth-order valence-electron chi connectivity index (χ4n) is 2.82. The summed E-state index contributed by atoms with van der Waals surface area (Å²) in [4.78, 5) is 26.6. The molecule has 2 aromatic carbocycles. The normalized spacial score (nSPS) is 16.3. The van der Waals surface area contributed by atoms with E-state index in [2.05, 4.69) is 5.32 Å². The first-order valence-corrected chi connectivity index (χ1v) is 10.1. The largest absolute Gasteiger partial charge is 0.394 e. The standard InChI is InChI=1S/C21H19FN2O3S2/c22-16-8-6-15(7-9-16)11-18-20(27)24(21(28)29-18)12-19(26)23-17(13-25)10-14-4-2-1-3-5-14/h1-9,11,17,25H,10,12-13H2,(H,23,26). The van der Waals surface area contributed by atoms with Crippen molar-refractivity contribution in [2.45, 2.75) is 12.5 Å². The van der Waals surface area contributed by atoms with Crippen molar-refractivity contribution in [3.8, 4) is 0 Å². The molecule has 150 valence electrons. The lowest BCUT2D eigenvalue weighted by Crippen LogP contribution is -2.45. The number of nitrogens with one attached hydrogen (secondary N) is 1. The summed E-state index contributed by atoms with van der Waals surface area (Å²) in [5.74, 6) is -1.14. The zero-order valence-corrected chi connectivity index (χ0v) is 17.0.